The van der Waals surface area contributed by atoms with E-state index in [2.05, 4.69) is 10.2 Å². The summed E-state index contributed by atoms with van der Waals surface area (Å²) in [6.07, 6.45) is 0.219. The fraction of sp³-hybridized carbons (Fsp3) is 0.467. The van der Waals surface area contributed by atoms with E-state index in [1.165, 1.54) is 6.07 Å². The Morgan fingerprint density at radius 2 is 1.86 bits per heavy atom. The lowest BCUT2D eigenvalue weighted by Crippen LogP contribution is -2.48. The molecule has 1 aliphatic rings. The van der Waals surface area contributed by atoms with Crippen molar-refractivity contribution in [3.63, 3.8) is 0 Å². The summed E-state index contributed by atoms with van der Waals surface area (Å²) in [4.78, 5) is 26.9. The molecule has 0 bridgehead atoms. The molecule has 0 aromatic heterocycles. The van der Waals surface area contributed by atoms with E-state index in [4.69, 9.17) is 0 Å². The first-order valence-corrected chi connectivity index (χ1v) is 7.18. The smallest absolute Gasteiger partial charge is 0.225 e. The second-order valence-corrected chi connectivity index (χ2v) is 5.27. The minimum Gasteiger partial charge on any atom is -0.340 e. The largest absolute Gasteiger partial charge is 0.340 e. The van der Waals surface area contributed by atoms with Crippen molar-refractivity contribution in [3.05, 3.63) is 29.8 Å². The number of carbonyl (C=O) groups is 2. The predicted molar refractivity (Wildman–Crippen MR) is 78.3 cm³/mol. The van der Waals surface area contributed by atoms with Crippen molar-refractivity contribution >= 4 is 17.5 Å². The lowest BCUT2D eigenvalue weighted by Gasteiger charge is -2.34. The van der Waals surface area contributed by atoms with Gasteiger partial charge in [-0.2, -0.15) is 0 Å². The molecule has 2 amide bonds. The maximum absolute atomic E-state index is 13.4. The van der Waals surface area contributed by atoms with Crippen molar-refractivity contribution in [2.24, 2.45) is 0 Å². The fourth-order valence-corrected chi connectivity index (χ4v) is 2.35. The van der Waals surface area contributed by atoms with Gasteiger partial charge in [-0.3, -0.25) is 14.5 Å². The maximum atomic E-state index is 13.4. The molecule has 120 valence electrons. The number of halogens is 2. The summed E-state index contributed by atoms with van der Waals surface area (Å²) in [5, 5.41) is 2.43. The van der Waals surface area contributed by atoms with Gasteiger partial charge in [0.05, 0.1) is 5.69 Å². The molecule has 0 unspecified atom stereocenters. The van der Waals surface area contributed by atoms with E-state index in [9.17, 15) is 18.4 Å². The van der Waals surface area contributed by atoms with E-state index in [-0.39, 0.29) is 23.9 Å². The van der Waals surface area contributed by atoms with Crippen molar-refractivity contribution in [2.45, 2.75) is 13.3 Å². The number of benzene rings is 1. The van der Waals surface area contributed by atoms with Crippen LogP contribution in [0.15, 0.2) is 18.2 Å². The highest BCUT2D eigenvalue weighted by Crippen LogP contribution is 2.15. The zero-order valence-corrected chi connectivity index (χ0v) is 12.4. The quantitative estimate of drug-likeness (QED) is 0.916. The number of rotatable bonds is 4. The van der Waals surface area contributed by atoms with Crippen LogP contribution in [0.3, 0.4) is 0 Å². The first kappa shape index (κ1) is 16.4. The summed E-state index contributed by atoms with van der Waals surface area (Å²) < 4.78 is 26.2. The average Bonchev–Trinajstić information content (AvgIpc) is 2.48. The van der Waals surface area contributed by atoms with E-state index >= 15 is 0 Å². The first-order valence-electron chi connectivity index (χ1n) is 7.18. The molecule has 1 fully saturated rings. The number of hydrogen-bond acceptors (Lipinski definition) is 3. The van der Waals surface area contributed by atoms with Crippen LogP contribution in [-0.2, 0) is 9.59 Å². The Kier molecular flexibility index (Phi) is 5.43. The number of nitrogens with zero attached hydrogens (tertiary/aromatic N) is 2. The van der Waals surface area contributed by atoms with E-state index in [1.54, 1.807) is 11.8 Å². The Bertz CT molecular complexity index is 558. The Morgan fingerprint density at radius 1 is 1.18 bits per heavy atom. The lowest BCUT2D eigenvalue weighted by atomic mass is 10.2. The van der Waals surface area contributed by atoms with Crippen LogP contribution in [0.1, 0.15) is 13.3 Å². The van der Waals surface area contributed by atoms with Gasteiger partial charge in [0, 0.05) is 52.1 Å². The zero-order valence-electron chi connectivity index (χ0n) is 12.4. The second-order valence-electron chi connectivity index (χ2n) is 5.27. The van der Waals surface area contributed by atoms with Gasteiger partial charge in [-0.1, -0.05) is 0 Å². The molecule has 1 aliphatic heterocycles. The standard InChI is InChI=1S/C15H19F2N3O2/c1-11(21)20-8-6-19(7-9-20)5-4-15(22)18-14-3-2-12(16)10-13(14)17/h2-3,10H,4-9H2,1H3,(H,18,22). The third kappa shape index (κ3) is 4.49. The Morgan fingerprint density at radius 3 is 2.45 bits per heavy atom. The summed E-state index contributed by atoms with van der Waals surface area (Å²) in [6, 6.07) is 3.03. The summed E-state index contributed by atoms with van der Waals surface area (Å²) >= 11 is 0. The average molecular weight is 311 g/mol. The van der Waals surface area contributed by atoms with Gasteiger partial charge in [0.1, 0.15) is 11.6 Å². The monoisotopic (exact) mass is 311 g/mol. The number of nitrogens with one attached hydrogen (secondary N) is 1. The van der Waals surface area contributed by atoms with Gasteiger partial charge in [0.25, 0.3) is 0 Å². The number of anilines is 1. The van der Waals surface area contributed by atoms with Gasteiger partial charge in [-0.25, -0.2) is 8.78 Å². The Balaban J connectivity index is 1.75. The van der Waals surface area contributed by atoms with Crippen LogP contribution in [0.2, 0.25) is 0 Å². The molecule has 1 heterocycles. The fourth-order valence-electron chi connectivity index (χ4n) is 2.35. The SMILES string of the molecule is CC(=O)N1CCN(CCC(=O)Nc2ccc(F)cc2F)CC1. The predicted octanol–water partition coefficient (Wildman–Crippen LogP) is 1.46. The van der Waals surface area contributed by atoms with E-state index < -0.39 is 11.6 Å². The molecule has 0 aliphatic carbocycles. The molecular formula is C15H19F2N3O2. The normalized spacial score (nSPS) is 15.7. The number of carbonyl (C=O) groups excluding carboxylic acids is 2. The van der Waals surface area contributed by atoms with Crippen LogP contribution in [0.25, 0.3) is 0 Å². The van der Waals surface area contributed by atoms with Crippen LogP contribution in [0.4, 0.5) is 14.5 Å². The van der Waals surface area contributed by atoms with Crippen molar-refractivity contribution in [3.8, 4) is 0 Å². The molecule has 0 saturated carbocycles. The van der Waals surface area contributed by atoms with E-state index in [1.807, 2.05) is 0 Å². The number of piperazine rings is 1. The van der Waals surface area contributed by atoms with Gasteiger partial charge in [-0.05, 0) is 12.1 Å². The van der Waals surface area contributed by atoms with Gasteiger partial charge in [0.2, 0.25) is 11.8 Å². The van der Waals surface area contributed by atoms with Crippen LogP contribution in [-0.4, -0.2) is 54.3 Å². The minimum atomic E-state index is -0.788. The van der Waals surface area contributed by atoms with E-state index in [0.717, 1.165) is 25.2 Å². The van der Waals surface area contributed by atoms with Crippen molar-refractivity contribution < 1.29 is 18.4 Å². The molecule has 1 aromatic rings. The second kappa shape index (κ2) is 7.31. The highest BCUT2D eigenvalue weighted by atomic mass is 19.1. The van der Waals surface area contributed by atoms with Crippen LogP contribution in [0, 0.1) is 11.6 Å². The molecule has 0 spiro atoms. The summed E-state index contributed by atoms with van der Waals surface area (Å²) in [6.45, 7) is 4.84. The topological polar surface area (TPSA) is 52.7 Å². The van der Waals surface area contributed by atoms with Crippen LogP contribution >= 0.6 is 0 Å². The molecule has 0 atom stereocenters. The van der Waals surface area contributed by atoms with Crippen LogP contribution < -0.4 is 5.32 Å². The van der Waals surface area contributed by atoms with Crippen molar-refractivity contribution in [2.75, 3.05) is 38.0 Å². The van der Waals surface area contributed by atoms with Crippen LogP contribution in [0.5, 0.6) is 0 Å². The number of amides is 2. The minimum absolute atomic E-state index is 0.0206. The van der Waals surface area contributed by atoms with Gasteiger partial charge in [0.15, 0.2) is 0 Å². The first-order chi connectivity index (χ1) is 10.5. The molecule has 1 aromatic carbocycles. The third-order valence-corrected chi connectivity index (χ3v) is 3.68. The lowest BCUT2D eigenvalue weighted by molar-refractivity contribution is -0.130. The van der Waals surface area contributed by atoms with Gasteiger partial charge in [-0.15, -0.1) is 0 Å². The van der Waals surface area contributed by atoms with Crippen molar-refractivity contribution in [1.82, 2.24) is 9.80 Å². The van der Waals surface area contributed by atoms with Crippen molar-refractivity contribution in [1.29, 1.82) is 0 Å². The molecular weight excluding hydrogens is 292 g/mol. The highest BCUT2D eigenvalue weighted by molar-refractivity contribution is 5.90. The molecule has 2 rings (SSSR count). The molecule has 1 N–H and O–H groups in total. The summed E-state index contributed by atoms with van der Waals surface area (Å²) in [5.74, 6) is -1.73. The summed E-state index contributed by atoms with van der Waals surface area (Å²) in [7, 11) is 0. The molecule has 1 saturated heterocycles. The maximum Gasteiger partial charge on any atom is 0.225 e. The number of hydrogen-bond donors (Lipinski definition) is 1. The summed E-state index contributed by atoms with van der Waals surface area (Å²) in [5.41, 5.74) is -0.0206. The van der Waals surface area contributed by atoms with Gasteiger partial charge < -0.3 is 10.2 Å². The third-order valence-electron chi connectivity index (χ3n) is 3.68. The molecule has 22 heavy (non-hydrogen) atoms. The highest BCUT2D eigenvalue weighted by Gasteiger charge is 2.19. The Hall–Kier alpha value is -2.02. The molecule has 7 heteroatoms. The molecule has 0 radical (unpaired) electrons. The Labute approximate surface area is 127 Å². The van der Waals surface area contributed by atoms with E-state index in [0.29, 0.717) is 19.6 Å². The molecule has 5 nitrogen and oxygen atoms in total. The van der Waals surface area contributed by atoms with Gasteiger partial charge >= 0.3 is 0 Å². The zero-order chi connectivity index (χ0) is 16.1.